The molecule has 144 valence electrons. The van der Waals surface area contributed by atoms with Crippen molar-refractivity contribution in [1.29, 1.82) is 0 Å². The highest BCUT2D eigenvalue weighted by Crippen LogP contribution is 2.49. The molecule has 1 aromatic carbocycles. The molecule has 0 N–H and O–H groups in total. The van der Waals surface area contributed by atoms with Crippen LogP contribution in [0.1, 0.15) is 64.5 Å². The van der Waals surface area contributed by atoms with Crippen LogP contribution in [-0.2, 0) is 11.2 Å². The number of benzene rings is 1. The number of para-hydroxylation sites is 1. The number of aryl methyl sites for hydroxylation is 1. The fourth-order valence-electron chi connectivity index (χ4n) is 4.25. The summed E-state index contributed by atoms with van der Waals surface area (Å²) < 4.78 is 5.90. The Kier molecular flexibility index (Phi) is 4.66. The lowest BCUT2D eigenvalue weighted by Crippen LogP contribution is -2.49. The Morgan fingerprint density at radius 2 is 1.96 bits per heavy atom. The fraction of sp³-hybridized carbons (Fsp3) is 0.571. The van der Waals surface area contributed by atoms with E-state index in [1.165, 1.54) is 5.56 Å². The number of fused-ring (bicyclic) bond motifs is 1. The predicted octanol–water partition coefficient (Wildman–Crippen LogP) is 4.25. The molecule has 0 radical (unpaired) electrons. The minimum Gasteiger partial charge on any atom is -0.408 e. The van der Waals surface area contributed by atoms with E-state index in [9.17, 15) is 4.79 Å². The molecule has 1 aromatic heterocycles. The van der Waals surface area contributed by atoms with Gasteiger partial charge < -0.3 is 9.32 Å². The molecule has 0 saturated heterocycles. The number of hydrogen-bond acceptors (Lipinski definition) is 5. The molecule has 1 fully saturated rings. The lowest BCUT2D eigenvalue weighted by Gasteiger charge is -2.47. The van der Waals surface area contributed by atoms with Gasteiger partial charge in [0, 0.05) is 30.8 Å². The number of hydrogen-bond donors (Lipinski definition) is 0. The Bertz CT molecular complexity index is 829. The maximum Gasteiger partial charge on any atom is 0.323 e. The average Bonchev–Trinajstić information content (AvgIpc) is 3.41. The van der Waals surface area contributed by atoms with Gasteiger partial charge in [-0.3, -0.25) is 9.69 Å². The van der Waals surface area contributed by atoms with Gasteiger partial charge in [-0.25, -0.2) is 0 Å². The molecule has 3 atom stereocenters. The highest BCUT2D eigenvalue weighted by Gasteiger charge is 2.46. The van der Waals surface area contributed by atoms with Gasteiger partial charge in [-0.1, -0.05) is 44.1 Å². The molecule has 1 aliphatic heterocycles. The van der Waals surface area contributed by atoms with Crippen LogP contribution in [0.4, 0.5) is 11.7 Å². The first kappa shape index (κ1) is 18.0. The molecule has 2 heterocycles. The summed E-state index contributed by atoms with van der Waals surface area (Å²) in [7, 11) is 0. The molecular formula is C21H28N4O2. The molecule has 6 heteroatoms. The van der Waals surface area contributed by atoms with Gasteiger partial charge in [-0.15, -0.1) is 5.10 Å². The van der Waals surface area contributed by atoms with Gasteiger partial charge in [0.2, 0.25) is 11.8 Å². The molecular weight excluding hydrogens is 340 g/mol. The highest BCUT2D eigenvalue weighted by atomic mass is 16.4. The minimum absolute atomic E-state index is 0.0842. The van der Waals surface area contributed by atoms with Gasteiger partial charge in [0.15, 0.2) is 0 Å². The molecule has 6 nitrogen and oxygen atoms in total. The summed E-state index contributed by atoms with van der Waals surface area (Å²) in [6.07, 6.45) is 3.48. The lowest BCUT2D eigenvalue weighted by molar-refractivity contribution is -0.135. The van der Waals surface area contributed by atoms with Crippen molar-refractivity contribution >= 4 is 17.6 Å². The van der Waals surface area contributed by atoms with Crippen LogP contribution >= 0.6 is 0 Å². The third-order valence-electron chi connectivity index (χ3n) is 5.98. The Morgan fingerprint density at radius 3 is 2.59 bits per heavy atom. The zero-order valence-corrected chi connectivity index (χ0v) is 16.6. The predicted molar refractivity (Wildman–Crippen MR) is 104 cm³/mol. The minimum atomic E-state index is 0.0842. The van der Waals surface area contributed by atoms with Crippen LogP contribution < -0.4 is 4.90 Å². The number of amides is 1. The SMILES string of the molecule is CCC(=O)N(C1CC1)C1c2ccccc2N(c2nnc(CC)o2)C(C)C1C. The van der Waals surface area contributed by atoms with Crippen molar-refractivity contribution in [3.8, 4) is 0 Å². The number of carbonyl (C=O) groups is 1. The van der Waals surface area contributed by atoms with E-state index in [1.54, 1.807) is 0 Å². The van der Waals surface area contributed by atoms with Gasteiger partial charge >= 0.3 is 6.01 Å². The second-order valence-corrected chi connectivity index (χ2v) is 7.69. The van der Waals surface area contributed by atoms with Gasteiger partial charge in [0.05, 0.1) is 11.7 Å². The van der Waals surface area contributed by atoms with E-state index in [4.69, 9.17) is 4.42 Å². The van der Waals surface area contributed by atoms with Gasteiger partial charge in [0.1, 0.15) is 0 Å². The summed E-state index contributed by atoms with van der Waals surface area (Å²) in [6.45, 7) is 8.38. The zero-order chi connectivity index (χ0) is 19.1. The van der Waals surface area contributed by atoms with Crippen LogP contribution in [-0.4, -0.2) is 33.1 Å². The van der Waals surface area contributed by atoms with Crippen molar-refractivity contribution < 1.29 is 9.21 Å². The van der Waals surface area contributed by atoms with Gasteiger partial charge in [0.25, 0.3) is 0 Å². The number of aromatic nitrogens is 2. The molecule has 3 unspecified atom stereocenters. The Labute approximate surface area is 160 Å². The third kappa shape index (κ3) is 3.01. The maximum absolute atomic E-state index is 12.8. The molecule has 0 bridgehead atoms. The second kappa shape index (κ2) is 6.98. The van der Waals surface area contributed by atoms with Crippen molar-refractivity contribution in [3.63, 3.8) is 0 Å². The van der Waals surface area contributed by atoms with E-state index in [1.807, 2.05) is 19.9 Å². The van der Waals surface area contributed by atoms with Crippen LogP contribution in [0.2, 0.25) is 0 Å². The van der Waals surface area contributed by atoms with E-state index >= 15 is 0 Å². The van der Waals surface area contributed by atoms with E-state index in [0.29, 0.717) is 24.4 Å². The summed E-state index contributed by atoms with van der Waals surface area (Å²) >= 11 is 0. The lowest BCUT2D eigenvalue weighted by atomic mass is 9.81. The summed E-state index contributed by atoms with van der Waals surface area (Å²) in [5.41, 5.74) is 2.24. The first-order valence-electron chi connectivity index (χ1n) is 10.1. The van der Waals surface area contributed by atoms with Crippen LogP contribution in [0.25, 0.3) is 0 Å². The first-order valence-corrected chi connectivity index (χ1v) is 10.1. The molecule has 0 spiro atoms. The zero-order valence-electron chi connectivity index (χ0n) is 16.6. The molecule has 1 amide bonds. The number of anilines is 2. The Morgan fingerprint density at radius 1 is 1.22 bits per heavy atom. The molecule has 1 aliphatic carbocycles. The maximum atomic E-state index is 12.8. The molecule has 2 aliphatic rings. The van der Waals surface area contributed by atoms with Crippen LogP contribution in [0.5, 0.6) is 0 Å². The number of carbonyl (C=O) groups excluding carboxylic acids is 1. The molecule has 1 saturated carbocycles. The average molecular weight is 368 g/mol. The van der Waals surface area contributed by atoms with E-state index < -0.39 is 0 Å². The molecule has 2 aromatic rings. The van der Waals surface area contributed by atoms with Gasteiger partial charge in [-0.05, 0) is 31.4 Å². The smallest absolute Gasteiger partial charge is 0.323 e. The van der Waals surface area contributed by atoms with E-state index in [2.05, 4.69) is 52.0 Å². The third-order valence-corrected chi connectivity index (χ3v) is 5.98. The number of rotatable bonds is 5. The van der Waals surface area contributed by atoms with Crippen LogP contribution in [0.3, 0.4) is 0 Å². The fourth-order valence-corrected chi connectivity index (χ4v) is 4.25. The topological polar surface area (TPSA) is 62.5 Å². The van der Waals surface area contributed by atoms with E-state index in [0.717, 1.165) is 24.9 Å². The largest absolute Gasteiger partial charge is 0.408 e. The second-order valence-electron chi connectivity index (χ2n) is 7.69. The summed E-state index contributed by atoms with van der Waals surface area (Å²) in [4.78, 5) is 17.1. The number of nitrogens with zero attached hydrogens (tertiary/aromatic N) is 4. The quantitative estimate of drug-likeness (QED) is 0.789. The molecule has 4 rings (SSSR count). The monoisotopic (exact) mass is 368 g/mol. The van der Waals surface area contributed by atoms with Crippen LogP contribution in [0, 0.1) is 5.92 Å². The van der Waals surface area contributed by atoms with Crippen molar-refractivity contribution in [3.05, 3.63) is 35.7 Å². The summed E-state index contributed by atoms with van der Waals surface area (Å²) in [5.74, 6) is 1.13. The summed E-state index contributed by atoms with van der Waals surface area (Å²) in [6, 6.07) is 9.48. The first-order chi connectivity index (χ1) is 13.1. The summed E-state index contributed by atoms with van der Waals surface area (Å²) in [5, 5.41) is 8.45. The normalized spacial score (nSPS) is 24.6. The van der Waals surface area contributed by atoms with Crippen molar-refractivity contribution in [2.45, 2.75) is 71.5 Å². The Hall–Kier alpha value is -2.37. The van der Waals surface area contributed by atoms with Gasteiger partial charge in [-0.2, -0.15) is 0 Å². The van der Waals surface area contributed by atoms with Crippen molar-refractivity contribution in [2.24, 2.45) is 5.92 Å². The van der Waals surface area contributed by atoms with Crippen molar-refractivity contribution in [1.82, 2.24) is 15.1 Å². The van der Waals surface area contributed by atoms with Crippen molar-refractivity contribution in [2.75, 3.05) is 4.90 Å². The Balaban J connectivity index is 1.81. The highest BCUT2D eigenvalue weighted by molar-refractivity contribution is 5.78. The standard InChI is InChI=1S/C21H28N4O2/c1-5-18-22-23-21(27-18)24-14(4)13(3)20(16-9-7-8-10-17(16)24)25(15-11-12-15)19(26)6-2/h7-10,13-15,20H,5-6,11-12H2,1-4H3. The molecule has 27 heavy (non-hydrogen) atoms. The van der Waals surface area contributed by atoms with Crippen LogP contribution in [0.15, 0.2) is 28.7 Å². The van der Waals surface area contributed by atoms with E-state index in [-0.39, 0.29) is 23.9 Å².